The molecule has 0 spiro atoms. The minimum absolute atomic E-state index is 0. The Kier molecular flexibility index (Phi) is 5.72. The first kappa shape index (κ1) is 20.2. The smallest absolute Gasteiger partial charge is 0.337 e. The number of carboxylic acid groups (broad SMARTS) is 1. The molecule has 2 aromatic heterocycles. The molecule has 0 radical (unpaired) electrons. The third-order valence-electron chi connectivity index (χ3n) is 4.81. The van der Waals surface area contributed by atoms with E-state index in [2.05, 4.69) is 15.4 Å². The highest BCUT2D eigenvalue weighted by Crippen LogP contribution is 2.31. The molecule has 2 N–H and O–H groups in total. The second kappa shape index (κ2) is 8.22. The number of halogens is 1. The molecule has 0 aliphatic heterocycles. The molecule has 7 nitrogen and oxygen atoms in total. The summed E-state index contributed by atoms with van der Waals surface area (Å²) in [7, 11) is 0. The number of aromatic nitrogens is 3. The summed E-state index contributed by atoms with van der Waals surface area (Å²) < 4.78 is 15.7. The standard InChI is InChI=1S/C20H17FN4O3.CH4/c21-14-4-1-2-6-18(14)25-17-7-3-5-15(13(17)11-23-25)24-19(26)16-9-8-12(10-22-16)20(27)28;/h1-2,4,6,8-11,15H,3,5,7H2,(H,24,26)(H,27,28);1H4. The summed E-state index contributed by atoms with van der Waals surface area (Å²) in [6.45, 7) is 0. The Labute approximate surface area is 167 Å². The minimum atomic E-state index is -1.10. The molecule has 1 amide bonds. The normalized spacial score (nSPS) is 15.1. The fourth-order valence-electron chi connectivity index (χ4n) is 3.42. The molecular weight excluding hydrogens is 375 g/mol. The van der Waals surface area contributed by atoms with Crippen LogP contribution in [0.15, 0.2) is 48.8 Å². The highest BCUT2D eigenvalue weighted by Gasteiger charge is 2.27. The van der Waals surface area contributed by atoms with E-state index in [9.17, 15) is 14.0 Å². The molecule has 1 aliphatic carbocycles. The second-order valence-electron chi connectivity index (χ2n) is 6.57. The van der Waals surface area contributed by atoms with Crippen molar-refractivity contribution in [1.29, 1.82) is 0 Å². The number of benzene rings is 1. The molecule has 3 aromatic rings. The molecular formula is C21H21FN4O3. The second-order valence-corrected chi connectivity index (χ2v) is 6.57. The van der Waals surface area contributed by atoms with Gasteiger partial charge in [0.15, 0.2) is 0 Å². The summed E-state index contributed by atoms with van der Waals surface area (Å²) in [5.74, 6) is -1.85. The number of carbonyl (C=O) groups excluding carboxylic acids is 1. The summed E-state index contributed by atoms with van der Waals surface area (Å²) in [5, 5.41) is 16.2. The van der Waals surface area contributed by atoms with Crippen LogP contribution in [0.4, 0.5) is 4.39 Å². The lowest BCUT2D eigenvalue weighted by Gasteiger charge is -2.24. The van der Waals surface area contributed by atoms with Gasteiger partial charge in [0, 0.05) is 17.5 Å². The number of rotatable bonds is 4. The molecule has 1 aromatic carbocycles. The van der Waals surface area contributed by atoms with E-state index in [-0.39, 0.29) is 30.5 Å². The number of amides is 1. The number of nitrogens with one attached hydrogen (secondary N) is 1. The first-order valence-corrected chi connectivity index (χ1v) is 8.86. The van der Waals surface area contributed by atoms with E-state index >= 15 is 0 Å². The molecule has 1 atom stereocenters. The molecule has 0 saturated carbocycles. The maximum absolute atomic E-state index is 14.2. The lowest BCUT2D eigenvalue weighted by molar-refractivity contribution is 0.0695. The van der Waals surface area contributed by atoms with Crippen molar-refractivity contribution in [2.24, 2.45) is 0 Å². The minimum Gasteiger partial charge on any atom is -0.478 e. The fourth-order valence-corrected chi connectivity index (χ4v) is 3.42. The molecule has 1 aliphatic rings. The van der Waals surface area contributed by atoms with Crippen molar-refractivity contribution in [3.05, 3.63) is 77.1 Å². The third kappa shape index (κ3) is 3.87. The van der Waals surface area contributed by atoms with Gasteiger partial charge in [-0.2, -0.15) is 5.10 Å². The number of hydrogen-bond donors (Lipinski definition) is 2. The number of nitrogens with zero attached hydrogens (tertiary/aromatic N) is 3. The van der Waals surface area contributed by atoms with Gasteiger partial charge in [-0.3, -0.25) is 9.78 Å². The lowest BCUT2D eigenvalue weighted by atomic mass is 9.92. The van der Waals surface area contributed by atoms with Crippen LogP contribution in [0.25, 0.3) is 5.69 Å². The molecule has 29 heavy (non-hydrogen) atoms. The molecule has 0 saturated heterocycles. The Bertz CT molecular complexity index is 1050. The van der Waals surface area contributed by atoms with Crippen molar-refractivity contribution in [3.8, 4) is 5.69 Å². The Morgan fingerprint density at radius 2 is 1.97 bits per heavy atom. The van der Waals surface area contributed by atoms with Crippen molar-refractivity contribution < 1.29 is 19.1 Å². The summed E-state index contributed by atoms with van der Waals surface area (Å²) in [5.41, 5.74) is 2.25. The maximum Gasteiger partial charge on any atom is 0.337 e. The van der Waals surface area contributed by atoms with Crippen LogP contribution in [0.5, 0.6) is 0 Å². The quantitative estimate of drug-likeness (QED) is 0.703. The Hall–Kier alpha value is -3.55. The lowest BCUT2D eigenvalue weighted by Crippen LogP contribution is -2.31. The number of para-hydroxylation sites is 1. The number of hydrogen-bond acceptors (Lipinski definition) is 4. The summed E-state index contributed by atoms with van der Waals surface area (Å²) in [6, 6.07) is 8.88. The van der Waals surface area contributed by atoms with E-state index < -0.39 is 11.9 Å². The van der Waals surface area contributed by atoms with E-state index in [0.717, 1.165) is 36.7 Å². The van der Waals surface area contributed by atoms with Crippen LogP contribution >= 0.6 is 0 Å². The zero-order valence-electron chi connectivity index (χ0n) is 14.8. The average Bonchev–Trinajstić information content (AvgIpc) is 3.13. The van der Waals surface area contributed by atoms with Gasteiger partial charge in [0.25, 0.3) is 5.91 Å². The van der Waals surface area contributed by atoms with Gasteiger partial charge in [-0.05, 0) is 43.5 Å². The van der Waals surface area contributed by atoms with Crippen LogP contribution < -0.4 is 5.32 Å². The molecule has 0 fully saturated rings. The third-order valence-corrected chi connectivity index (χ3v) is 4.81. The van der Waals surface area contributed by atoms with E-state index in [1.54, 1.807) is 29.1 Å². The van der Waals surface area contributed by atoms with Crippen LogP contribution in [0.2, 0.25) is 0 Å². The predicted molar refractivity (Wildman–Crippen MR) is 105 cm³/mol. The molecule has 150 valence electrons. The SMILES string of the molecule is C.O=C(O)c1ccc(C(=O)NC2CCCc3c2cnn3-c2ccccc2F)nc1. The highest BCUT2D eigenvalue weighted by molar-refractivity contribution is 5.94. The van der Waals surface area contributed by atoms with Crippen LogP contribution in [0.1, 0.15) is 58.4 Å². The molecule has 2 heterocycles. The van der Waals surface area contributed by atoms with Gasteiger partial charge in [0.1, 0.15) is 17.2 Å². The van der Waals surface area contributed by atoms with Crippen LogP contribution in [0.3, 0.4) is 0 Å². The first-order chi connectivity index (χ1) is 13.5. The molecule has 1 unspecified atom stereocenters. The first-order valence-electron chi connectivity index (χ1n) is 8.86. The van der Waals surface area contributed by atoms with E-state index in [0.29, 0.717) is 5.69 Å². The monoisotopic (exact) mass is 396 g/mol. The van der Waals surface area contributed by atoms with Gasteiger partial charge in [-0.25, -0.2) is 13.9 Å². The van der Waals surface area contributed by atoms with Gasteiger partial charge in [-0.15, -0.1) is 0 Å². The molecule has 4 rings (SSSR count). The Morgan fingerprint density at radius 1 is 1.17 bits per heavy atom. The number of pyridine rings is 1. The van der Waals surface area contributed by atoms with Gasteiger partial charge >= 0.3 is 5.97 Å². The highest BCUT2D eigenvalue weighted by atomic mass is 19.1. The van der Waals surface area contributed by atoms with E-state index in [1.807, 2.05) is 0 Å². The van der Waals surface area contributed by atoms with Crippen molar-refractivity contribution >= 4 is 11.9 Å². The van der Waals surface area contributed by atoms with Gasteiger partial charge in [0.2, 0.25) is 0 Å². The zero-order valence-corrected chi connectivity index (χ0v) is 14.8. The number of carbonyl (C=O) groups is 2. The van der Waals surface area contributed by atoms with Crippen molar-refractivity contribution in [3.63, 3.8) is 0 Å². The molecule has 0 bridgehead atoms. The number of carboxylic acids is 1. The van der Waals surface area contributed by atoms with Crippen LogP contribution in [-0.4, -0.2) is 31.7 Å². The topological polar surface area (TPSA) is 97.1 Å². The summed E-state index contributed by atoms with van der Waals surface area (Å²) in [6.07, 6.45) is 5.10. The number of fused-ring (bicyclic) bond motifs is 1. The summed E-state index contributed by atoms with van der Waals surface area (Å²) >= 11 is 0. The van der Waals surface area contributed by atoms with E-state index in [4.69, 9.17) is 5.11 Å². The van der Waals surface area contributed by atoms with E-state index in [1.165, 1.54) is 18.2 Å². The van der Waals surface area contributed by atoms with Crippen molar-refractivity contribution in [2.45, 2.75) is 32.7 Å². The van der Waals surface area contributed by atoms with Crippen LogP contribution in [-0.2, 0) is 6.42 Å². The fraction of sp³-hybridized carbons (Fsp3) is 0.238. The zero-order chi connectivity index (χ0) is 19.7. The van der Waals surface area contributed by atoms with Gasteiger partial charge in [-0.1, -0.05) is 19.6 Å². The predicted octanol–water partition coefficient (Wildman–Crippen LogP) is 3.55. The Morgan fingerprint density at radius 3 is 2.66 bits per heavy atom. The van der Waals surface area contributed by atoms with Gasteiger partial charge < -0.3 is 10.4 Å². The molecule has 8 heteroatoms. The van der Waals surface area contributed by atoms with Gasteiger partial charge in [0.05, 0.1) is 17.8 Å². The number of aromatic carboxylic acids is 1. The summed E-state index contributed by atoms with van der Waals surface area (Å²) in [4.78, 5) is 27.4. The average molecular weight is 396 g/mol. The maximum atomic E-state index is 14.2. The Balaban J connectivity index is 0.00000240. The van der Waals surface area contributed by atoms with Crippen molar-refractivity contribution in [1.82, 2.24) is 20.1 Å². The largest absolute Gasteiger partial charge is 0.478 e. The van der Waals surface area contributed by atoms with Crippen molar-refractivity contribution in [2.75, 3.05) is 0 Å². The van der Waals surface area contributed by atoms with Crippen LogP contribution in [0, 0.1) is 5.82 Å².